The summed E-state index contributed by atoms with van der Waals surface area (Å²) in [7, 11) is 3.36. The Morgan fingerprint density at radius 3 is 2.79 bits per heavy atom. The van der Waals surface area contributed by atoms with Crippen molar-refractivity contribution in [1.82, 2.24) is 14.9 Å². The number of nitrogens with zero attached hydrogens (tertiary/aromatic N) is 2. The number of fused-ring (bicyclic) bond motifs is 1. The summed E-state index contributed by atoms with van der Waals surface area (Å²) >= 11 is 5.74. The fourth-order valence-corrected chi connectivity index (χ4v) is 4.73. The molecule has 1 aliphatic rings. The molecule has 1 fully saturated rings. The Kier molecular flexibility index (Phi) is 4.96. The van der Waals surface area contributed by atoms with Crippen LogP contribution in [0.1, 0.15) is 16.8 Å². The van der Waals surface area contributed by atoms with E-state index in [1.54, 1.807) is 24.4 Å². The number of alkyl halides is 2. The van der Waals surface area contributed by atoms with Crippen molar-refractivity contribution in [2.45, 2.75) is 18.4 Å². The standard InChI is InChI=1S/C19H16BrF2IN4O2/c1-27-15-10(20)7-25-17(24)14(15)13(16(27)23)8-3-4-9(11(5-8)29-2)18(28)26-12-6-19(12,21)22/h3-5,7,12H,6H2,1-2H3,(H2,24,25)(H,26,28). The Bertz CT molecular complexity index is 1170. The number of nitrogen functional groups attached to an aromatic ring is 1. The van der Waals surface area contributed by atoms with Crippen LogP contribution in [0.25, 0.3) is 22.0 Å². The SMILES string of the molecule is COc1cc(-c2c(I)n(C)c3c(Br)cnc(N)c23)ccc1C(=O)NC1CC1(F)F. The van der Waals surface area contributed by atoms with Crippen LogP contribution >= 0.6 is 38.5 Å². The smallest absolute Gasteiger partial charge is 0.270 e. The highest BCUT2D eigenvalue weighted by Gasteiger charge is 2.58. The van der Waals surface area contributed by atoms with E-state index >= 15 is 0 Å². The van der Waals surface area contributed by atoms with Gasteiger partial charge in [0, 0.05) is 25.2 Å². The number of nitrogens with two attached hydrogens (primary N) is 1. The van der Waals surface area contributed by atoms with Gasteiger partial charge in [0.1, 0.15) is 11.6 Å². The first-order valence-electron chi connectivity index (χ1n) is 8.60. The van der Waals surface area contributed by atoms with Crippen molar-refractivity contribution in [3.63, 3.8) is 0 Å². The number of benzene rings is 1. The second-order valence-corrected chi connectivity index (χ2v) is 8.72. The number of amides is 1. The van der Waals surface area contributed by atoms with E-state index in [0.717, 1.165) is 30.2 Å². The number of hydrogen-bond donors (Lipinski definition) is 2. The molecule has 29 heavy (non-hydrogen) atoms. The first-order valence-corrected chi connectivity index (χ1v) is 10.5. The number of rotatable bonds is 4. The summed E-state index contributed by atoms with van der Waals surface area (Å²) in [6.45, 7) is 0. The topological polar surface area (TPSA) is 82.2 Å². The van der Waals surface area contributed by atoms with Gasteiger partial charge in [-0.3, -0.25) is 4.79 Å². The number of halogens is 4. The third kappa shape index (κ3) is 3.35. The lowest BCUT2D eigenvalue weighted by atomic mass is 10.0. The lowest BCUT2D eigenvalue weighted by Crippen LogP contribution is -2.29. The Hall–Kier alpha value is -1.95. The van der Waals surface area contributed by atoms with Gasteiger partial charge >= 0.3 is 0 Å². The number of carbonyl (C=O) groups excluding carboxylic acids is 1. The molecule has 0 spiro atoms. The predicted molar refractivity (Wildman–Crippen MR) is 118 cm³/mol. The molecule has 1 aromatic carbocycles. The van der Waals surface area contributed by atoms with Crippen LogP contribution in [0.2, 0.25) is 0 Å². The maximum absolute atomic E-state index is 13.1. The first-order chi connectivity index (χ1) is 13.7. The third-order valence-electron chi connectivity index (χ3n) is 4.99. The van der Waals surface area contributed by atoms with Gasteiger partial charge in [0.2, 0.25) is 0 Å². The van der Waals surface area contributed by atoms with Gasteiger partial charge in [-0.2, -0.15) is 0 Å². The van der Waals surface area contributed by atoms with Crippen molar-refractivity contribution < 1.29 is 18.3 Å². The maximum Gasteiger partial charge on any atom is 0.270 e. The largest absolute Gasteiger partial charge is 0.496 e. The van der Waals surface area contributed by atoms with E-state index in [-0.39, 0.29) is 12.0 Å². The summed E-state index contributed by atoms with van der Waals surface area (Å²) in [5.74, 6) is -2.75. The van der Waals surface area contributed by atoms with Crippen LogP contribution in [0.15, 0.2) is 28.9 Å². The molecule has 6 nitrogen and oxygen atoms in total. The Labute approximate surface area is 187 Å². The molecule has 0 saturated heterocycles. The summed E-state index contributed by atoms with van der Waals surface area (Å²) in [4.78, 5) is 16.7. The van der Waals surface area contributed by atoms with Crippen LogP contribution < -0.4 is 15.8 Å². The summed E-state index contributed by atoms with van der Waals surface area (Å²) in [5, 5.41) is 3.13. The molecule has 3 aromatic rings. The highest BCUT2D eigenvalue weighted by molar-refractivity contribution is 14.1. The molecular formula is C19H16BrF2IN4O2. The van der Waals surface area contributed by atoms with Crippen molar-refractivity contribution in [2.75, 3.05) is 12.8 Å². The van der Waals surface area contributed by atoms with Crippen molar-refractivity contribution >= 4 is 61.1 Å². The van der Waals surface area contributed by atoms with E-state index in [1.165, 1.54) is 7.11 Å². The summed E-state index contributed by atoms with van der Waals surface area (Å²) < 4.78 is 35.4. The molecule has 10 heteroatoms. The fourth-order valence-electron chi connectivity index (χ4n) is 3.34. The average molecular weight is 577 g/mol. The van der Waals surface area contributed by atoms with E-state index in [2.05, 4.69) is 48.8 Å². The summed E-state index contributed by atoms with van der Waals surface area (Å²) in [5.41, 5.74) is 8.89. The molecule has 4 rings (SSSR count). The highest BCUT2D eigenvalue weighted by Crippen LogP contribution is 2.43. The second kappa shape index (κ2) is 7.08. The molecule has 1 saturated carbocycles. The molecule has 1 amide bonds. The molecule has 0 aliphatic heterocycles. The molecular weight excluding hydrogens is 561 g/mol. The minimum absolute atomic E-state index is 0.196. The van der Waals surface area contributed by atoms with Crippen molar-refractivity contribution in [3.05, 3.63) is 38.1 Å². The molecule has 1 aliphatic carbocycles. The molecule has 1 unspecified atom stereocenters. The van der Waals surface area contributed by atoms with Gasteiger partial charge in [-0.15, -0.1) is 0 Å². The molecule has 2 heterocycles. The van der Waals surface area contributed by atoms with Crippen LogP contribution in [0.3, 0.4) is 0 Å². The maximum atomic E-state index is 13.1. The van der Waals surface area contributed by atoms with Crippen molar-refractivity contribution in [3.8, 4) is 16.9 Å². The molecule has 152 valence electrons. The quantitative estimate of drug-likeness (QED) is 0.453. The van der Waals surface area contributed by atoms with Crippen LogP contribution in [0, 0.1) is 3.70 Å². The minimum atomic E-state index is -2.83. The third-order valence-corrected chi connectivity index (χ3v) is 6.83. The number of methoxy groups -OCH3 is 1. The molecule has 0 bridgehead atoms. The van der Waals surface area contributed by atoms with Crippen LogP contribution in [0.5, 0.6) is 5.75 Å². The monoisotopic (exact) mass is 576 g/mol. The zero-order chi connectivity index (χ0) is 21.1. The number of anilines is 1. The van der Waals surface area contributed by atoms with Crippen LogP contribution in [-0.4, -0.2) is 34.5 Å². The van der Waals surface area contributed by atoms with E-state index in [9.17, 15) is 13.6 Å². The summed E-state index contributed by atoms with van der Waals surface area (Å²) in [6.07, 6.45) is 1.31. The zero-order valence-corrected chi connectivity index (χ0v) is 19.1. The number of ether oxygens (including phenoxy) is 1. The Balaban J connectivity index is 1.80. The zero-order valence-electron chi connectivity index (χ0n) is 15.4. The predicted octanol–water partition coefficient (Wildman–Crippen LogP) is 4.34. The minimum Gasteiger partial charge on any atom is -0.496 e. The van der Waals surface area contributed by atoms with Gasteiger partial charge in [0.05, 0.1) is 37.8 Å². The van der Waals surface area contributed by atoms with Gasteiger partial charge in [-0.05, 0) is 56.2 Å². The normalized spacial score (nSPS) is 17.4. The highest BCUT2D eigenvalue weighted by atomic mass is 127. The Morgan fingerprint density at radius 1 is 1.48 bits per heavy atom. The van der Waals surface area contributed by atoms with Gasteiger partial charge in [-0.25, -0.2) is 13.8 Å². The number of aromatic nitrogens is 2. The number of pyridine rings is 1. The van der Waals surface area contributed by atoms with E-state index in [0.29, 0.717) is 11.6 Å². The lowest BCUT2D eigenvalue weighted by Gasteiger charge is -2.12. The lowest BCUT2D eigenvalue weighted by molar-refractivity contribution is 0.0847. The number of aryl methyl sites for hydroxylation is 1. The Morgan fingerprint density at radius 2 is 2.17 bits per heavy atom. The van der Waals surface area contributed by atoms with Crippen LogP contribution in [0.4, 0.5) is 14.6 Å². The molecule has 0 radical (unpaired) electrons. The molecule has 3 N–H and O–H groups in total. The molecule has 1 atom stereocenters. The average Bonchev–Trinajstić information content (AvgIpc) is 3.18. The van der Waals surface area contributed by atoms with E-state index in [4.69, 9.17) is 10.5 Å². The van der Waals surface area contributed by atoms with Gasteiger partial charge in [0.25, 0.3) is 11.8 Å². The first kappa shape index (κ1) is 20.3. The van der Waals surface area contributed by atoms with Crippen molar-refractivity contribution in [2.24, 2.45) is 7.05 Å². The van der Waals surface area contributed by atoms with Gasteiger partial charge in [0.15, 0.2) is 0 Å². The summed E-state index contributed by atoms with van der Waals surface area (Å²) in [6, 6.07) is 3.90. The van der Waals surface area contributed by atoms with Crippen molar-refractivity contribution in [1.29, 1.82) is 0 Å². The van der Waals surface area contributed by atoms with E-state index < -0.39 is 17.9 Å². The van der Waals surface area contributed by atoms with Gasteiger partial charge in [-0.1, -0.05) is 6.07 Å². The fraction of sp³-hybridized carbons (Fsp3) is 0.263. The number of carbonyl (C=O) groups is 1. The second-order valence-electron chi connectivity index (χ2n) is 6.85. The number of nitrogens with one attached hydrogen (secondary N) is 1. The molecule has 2 aromatic heterocycles. The number of hydrogen-bond acceptors (Lipinski definition) is 4. The van der Waals surface area contributed by atoms with Gasteiger partial charge < -0.3 is 20.4 Å². The van der Waals surface area contributed by atoms with Crippen LogP contribution in [-0.2, 0) is 7.05 Å². The van der Waals surface area contributed by atoms with E-state index in [1.807, 2.05) is 11.6 Å².